The van der Waals surface area contributed by atoms with E-state index >= 15 is 0 Å². The summed E-state index contributed by atoms with van der Waals surface area (Å²) in [6.07, 6.45) is 5.01. The molecule has 4 aromatic carbocycles. The predicted octanol–water partition coefficient (Wildman–Crippen LogP) is 9.67. The molecule has 5 heterocycles. The Morgan fingerprint density at radius 2 is 1.00 bits per heavy atom. The van der Waals surface area contributed by atoms with Crippen LogP contribution in [0, 0.1) is 12.1 Å². The van der Waals surface area contributed by atoms with Crippen LogP contribution in [-0.2, 0) is 20.1 Å². The second-order valence-corrected chi connectivity index (χ2v) is 10.3. The van der Waals surface area contributed by atoms with Gasteiger partial charge in [0.2, 0.25) is 0 Å². The maximum atomic E-state index is 10.1. The van der Waals surface area contributed by atoms with Crippen molar-refractivity contribution in [3.05, 3.63) is 164 Å². The molecule has 0 aliphatic heterocycles. The van der Waals surface area contributed by atoms with Crippen LogP contribution in [0.1, 0.15) is 10.5 Å². The number of carbonyl (C=O) groups is 1. The summed E-state index contributed by atoms with van der Waals surface area (Å²) in [4.78, 5) is 22.7. The molecular formula is C40H25IrN3O4-2. The van der Waals surface area contributed by atoms with E-state index < -0.39 is 5.97 Å². The minimum Gasteiger partial charge on any atom is -0.477 e. The smallest absolute Gasteiger partial charge is 0.354 e. The molecule has 7 nitrogen and oxygen atoms in total. The van der Waals surface area contributed by atoms with Crippen molar-refractivity contribution in [2.75, 3.05) is 0 Å². The van der Waals surface area contributed by atoms with Gasteiger partial charge in [0.05, 0.1) is 0 Å². The summed E-state index contributed by atoms with van der Waals surface area (Å²) in [6.45, 7) is 0. The molecular weight excluding hydrogens is 779 g/mol. The van der Waals surface area contributed by atoms with Crippen LogP contribution >= 0.6 is 0 Å². The fourth-order valence-corrected chi connectivity index (χ4v) is 5.32. The third-order valence-electron chi connectivity index (χ3n) is 7.39. The van der Waals surface area contributed by atoms with Gasteiger partial charge >= 0.3 is 5.97 Å². The van der Waals surface area contributed by atoms with Gasteiger partial charge in [-0.2, -0.15) is 0 Å². The molecule has 1 N–H and O–H groups in total. The summed E-state index contributed by atoms with van der Waals surface area (Å²) in [5.41, 5.74) is 7.40. The maximum Gasteiger partial charge on any atom is 0.354 e. The minimum absolute atomic E-state index is 0. The van der Waals surface area contributed by atoms with Crippen molar-refractivity contribution in [1.82, 2.24) is 15.0 Å². The number of furan rings is 2. The number of carboxylic acid groups (broad SMARTS) is 1. The molecule has 0 fully saturated rings. The van der Waals surface area contributed by atoms with Crippen LogP contribution in [0.4, 0.5) is 0 Å². The van der Waals surface area contributed by atoms with Crippen LogP contribution in [0.3, 0.4) is 0 Å². The number of rotatable bonds is 3. The molecule has 0 saturated carbocycles. The van der Waals surface area contributed by atoms with Crippen molar-refractivity contribution in [3.63, 3.8) is 0 Å². The van der Waals surface area contributed by atoms with Crippen molar-refractivity contribution in [3.8, 4) is 22.5 Å². The molecule has 0 spiro atoms. The molecule has 0 saturated heterocycles. The standard InChI is InChI=1S/2C17H10NO.C6H5NO2.Ir/c2*1-2-6-12(7-3-1)17-16-13-8-4-5-9-14(13)19-15(16)10-11-18-17;8-6(9)5-3-1-2-4-7-5;/h2*1-6,8-11H;1-4H,(H,8,9);/q2*-1;;. The van der Waals surface area contributed by atoms with Gasteiger partial charge in [-0.25, -0.2) is 9.78 Å². The Bertz CT molecular complexity index is 2300. The quantitative estimate of drug-likeness (QED) is 0.178. The van der Waals surface area contributed by atoms with Crippen LogP contribution in [0.15, 0.2) is 155 Å². The van der Waals surface area contributed by atoms with Crippen LogP contribution in [-0.4, -0.2) is 26.0 Å². The van der Waals surface area contributed by atoms with Gasteiger partial charge in [0.25, 0.3) is 0 Å². The monoisotopic (exact) mass is 804 g/mol. The largest absolute Gasteiger partial charge is 0.477 e. The topological polar surface area (TPSA) is 102 Å². The van der Waals surface area contributed by atoms with E-state index in [1.54, 1.807) is 24.5 Å². The number of pyridine rings is 3. The Morgan fingerprint density at radius 1 is 0.521 bits per heavy atom. The van der Waals surface area contributed by atoms with Gasteiger partial charge in [-0.05, 0) is 47.8 Å². The third-order valence-corrected chi connectivity index (χ3v) is 7.39. The normalized spacial score (nSPS) is 10.5. The summed E-state index contributed by atoms with van der Waals surface area (Å²) >= 11 is 0. The Hall–Kier alpha value is -5.95. The average molecular weight is 804 g/mol. The van der Waals surface area contributed by atoms with Crippen LogP contribution < -0.4 is 0 Å². The van der Waals surface area contributed by atoms with Crippen molar-refractivity contribution >= 4 is 49.8 Å². The number of fused-ring (bicyclic) bond motifs is 6. The van der Waals surface area contributed by atoms with Gasteiger partial charge in [-0.15, -0.1) is 71.8 Å². The van der Waals surface area contributed by atoms with Gasteiger partial charge in [-0.1, -0.05) is 42.5 Å². The Labute approximate surface area is 288 Å². The van der Waals surface area contributed by atoms with Crippen LogP contribution in [0.2, 0.25) is 0 Å². The van der Waals surface area contributed by atoms with Gasteiger partial charge in [-0.3, -0.25) is 0 Å². The van der Waals surface area contributed by atoms with Crippen molar-refractivity contribution in [1.29, 1.82) is 0 Å². The number of hydrogen-bond acceptors (Lipinski definition) is 6. The zero-order chi connectivity index (χ0) is 32.0. The number of para-hydroxylation sites is 2. The molecule has 235 valence electrons. The molecule has 9 rings (SSSR count). The molecule has 8 heteroatoms. The summed E-state index contributed by atoms with van der Waals surface area (Å²) in [6, 6.07) is 46.8. The van der Waals surface area contributed by atoms with Crippen molar-refractivity contribution in [2.45, 2.75) is 0 Å². The number of carboxylic acids is 1. The molecule has 5 aromatic heterocycles. The zero-order valence-corrected chi connectivity index (χ0v) is 27.6. The maximum absolute atomic E-state index is 10.1. The Balaban J connectivity index is 0.000000132. The van der Waals surface area contributed by atoms with E-state index in [4.69, 9.17) is 13.9 Å². The van der Waals surface area contributed by atoms with E-state index in [1.165, 1.54) is 12.3 Å². The van der Waals surface area contributed by atoms with Crippen LogP contribution in [0.25, 0.3) is 66.4 Å². The fourth-order valence-electron chi connectivity index (χ4n) is 5.32. The first kappa shape index (κ1) is 32.0. The Morgan fingerprint density at radius 3 is 1.42 bits per heavy atom. The van der Waals surface area contributed by atoms with Gasteiger partial charge in [0.1, 0.15) is 28.0 Å². The summed E-state index contributed by atoms with van der Waals surface area (Å²) < 4.78 is 11.7. The second-order valence-electron chi connectivity index (χ2n) is 10.3. The van der Waals surface area contributed by atoms with Gasteiger partial charge < -0.3 is 23.9 Å². The first-order valence-corrected chi connectivity index (χ1v) is 14.8. The Kier molecular flexibility index (Phi) is 9.77. The summed E-state index contributed by atoms with van der Waals surface area (Å²) in [5, 5.41) is 12.6. The molecule has 1 radical (unpaired) electrons. The van der Waals surface area contributed by atoms with Gasteiger partial charge in [0.15, 0.2) is 0 Å². The van der Waals surface area contributed by atoms with E-state index in [0.717, 1.165) is 66.4 Å². The van der Waals surface area contributed by atoms with Crippen molar-refractivity contribution < 1.29 is 38.8 Å². The predicted molar refractivity (Wildman–Crippen MR) is 183 cm³/mol. The number of benzene rings is 4. The molecule has 0 amide bonds. The second kappa shape index (κ2) is 14.6. The SMILES string of the molecule is O=C(O)c1ccccn1.[Ir].[c-]1ccccc1-c1nccc2oc3ccccc3c12.[c-]1ccccc1-c1nccc2oc3ccccc3c12. The molecule has 48 heavy (non-hydrogen) atoms. The van der Waals surface area contributed by atoms with E-state index in [0.29, 0.717) is 0 Å². The zero-order valence-electron chi connectivity index (χ0n) is 25.2. The van der Waals surface area contributed by atoms with E-state index in [-0.39, 0.29) is 25.8 Å². The fraction of sp³-hybridized carbons (Fsp3) is 0. The summed E-state index contributed by atoms with van der Waals surface area (Å²) in [7, 11) is 0. The van der Waals surface area contributed by atoms with E-state index in [2.05, 4.69) is 39.2 Å². The van der Waals surface area contributed by atoms with Crippen molar-refractivity contribution in [2.24, 2.45) is 0 Å². The van der Waals surface area contributed by atoms with E-state index in [9.17, 15) is 4.79 Å². The molecule has 0 bridgehead atoms. The molecule has 0 aliphatic carbocycles. The average Bonchev–Trinajstić information content (AvgIpc) is 3.72. The number of aromatic nitrogens is 3. The van der Waals surface area contributed by atoms with E-state index in [1.807, 2.05) is 97.1 Å². The number of nitrogens with zero attached hydrogens (tertiary/aromatic N) is 3. The number of hydrogen-bond donors (Lipinski definition) is 1. The number of aromatic carboxylic acids is 1. The molecule has 0 unspecified atom stereocenters. The first-order valence-electron chi connectivity index (χ1n) is 14.8. The van der Waals surface area contributed by atoms with Crippen LogP contribution in [0.5, 0.6) is 0 Å². The molecule has 0 aliphatic rings. The molecule has 0 atom stereocenters. The minimum atomic E-state index is -0.990. The third kappa shape index (κ3) is 6.62. The molecule has 9 aromatic rings. The van der Waals surface area contributed by atoms with Gasteiger partial charge in [0, 0.05) is 60.2 Å². The summed E-state index contributed by atoms with van der Waals surface area (Å²) in [5.74, 6) is -0.990. The first-order chi connectivity index (χ1) is 23.2.